The molecule has 0 aliphatic carbocycles. The Morgan fingerprint density at radius 1 is 1.04 bits per heavy atom. The number of rotatable bonds is 7. The fraction of sp³-hybridized carbons (Fsp3) is 0.348. The first kappa shape index (κ1) is 20.2. The fourth-order valence-electron chi connectivity index (χ4n) is 3.80. The summed E-state index contributed by atoms with van der Waals surface area (Å²) in [7, 11) is -3.02. The Bertz CT molecular complexity index is 718. The molecule has 0 saturated heterocycles. The third-order valence-corrected chi connectivity index (χ3v) is 9.60. The van der Waals surface area contributed by atoms with Crippen molar-refractivity contribution < 1.29 is 9.59 Å². The summed E-state index contributed by atoms with van der Waals surface area (Å²) in [6, 6.07) is 20.0. The molecule has 0 aliphatic heterocycles. The van der Waals surface area contributed by atoms with E-state index in [9.17, 15) is 9.59 Å². The Kier molecular flexibility index (Phi) is 6.96. The van der Waals surface area contributed by atoms with Gasteiger partial charge in [0.05, 0.1) is 0 Å². The van der Waals surface area contributed by atoms with Crippen LogP contribution in [0, 0.1) is 17.8 Å². The van der Waals surface area contributed by atoms with Crippen LogP contribution in [0.3, 0.4) is 0 Å². The number of aldehydes is 1. The first-order valence-corrected chi connectivity index (χ1v) is 11.2. The zero-order valence-electron chi connectivity index (χ0n) is 15.9. The molecule has 2 nitrogen and oxygen atoms in total. The lowest BCUT2D eigenvalue weighted by Gasteiger charge is -2.42. The molecule has 2 aromatic rings. The van der Waals surface area contributed by atoms with E-state index in [1.54, 1.807) is 0 Å². The van der Waals surface area contributed by atoms with Crippen LogP contribution < -0.4 is 10.4 Å². The summed E-state index contributed by atoms with van der Waals surface area (Å²) in [4.78, 5) is 22.9. The predicted molar refractivity (Wildman–Crippen MR) is 111 cm³/mol. The van der Waals surface area contributed by atoms with E-state index in [4.69, 9.17) is 0 Å². The number of hydrogen-bond donors (Lipinski definition) is 1. The van der Waals surface area contributed by atoms with Gasteiger partial charge in [-0.05, 0) is 34.2 Å². The molecule has 26 heavy (non-hydrogen) atoms. The van der Waals surface area contributed by atoms with Crippen molar-refractivity contribution in [3.63, 3.8) is 0 Å². The first-order chi connectivity index (χ1) is 12.5. The van der Waals surface area contributed by atoms with Gasteiger partial charge in [0.1, 0.15) is 0 Å². The lowest BCUT2D eigenvalue weighted by molar-refractivity contribution is -0.103. The standard InChI is InChI=1S/C23H28O2Si/c1-4-12-20(13-11-18-24)19-23(2,3)26(25,21-14-7-5-8-15-21)22-16-9-6-10-17-22/h5-10,14-18,20,25H,4,12,19H2,1-3H3. The molecule has 1 atom stereocenters. The van der Waals surface area contributed by atoms with E-state index in [-0.39, 0.29) is 11.0 Å². The van der Waals surface area contributed by atoms with Crippen molar-refractivity contribution in [1.29, 1.82) is 0 Å². The van der Waals surface area contributed by atoms with Gasteiger partial charge < -0.3 is 4.80 Å². The van der Waals surface area contributed by atoms with E-state index >= 15 is 0 Å². The average Bonchev–Trinajstić information content (AvgIpc) is 2.66. The molecule has 0 bridgehead atoms. The highest BCUT2D eigenvalue weighted by Crippen LogP contribution is 2.42. The monoisotopic (exact) mass is 364 g/mol. The van der Waals surface area contributed by atoms with Gasteiger partial charge in [0, 0.05) is 5.92 Å². The van der Waals surface area contributed by atoms with Crippen molar-refractivity contribution in [3.05, 3.63) is 60.7 Å². The number of hydrogen-bond acceptors (Lipinski definition) is 2. The summed E-state index contributed by atoms with van der Waals surface area (Å²) in [5.41, 5.74) is 0. The van der Waals surface area contributed by atoms with Crippen LogP contribution in [0.2, 0.25) is 5.04 Å². The van der Waals surface area contributed by atoms with E-state index < -0.39 is 8.32 Å². The quantitative estimate of drug-likeness (QED) is 0.464. The smallest absolute Gasteiger partial charge is 0.258 e. The van der Waals surface area contributed by atoms with E-state index in [1.165, 1.54) is 0 Å². The van der Waals surface area contributed by atoms with Gasteiger partial charge in [-0.25, -0.2) is 0 Å². The predicted octanol–water partition coefficient (Wildman–Crippen LogP) is 3.53. The molecule has 0 heterocycles. The Hall–Kier alpha value is -2.15. The highest BCUT2D eigenvalue weighted by molar-refractivity contribution is 6.98. The number of carbonyl (C=O) groups is 1. The Morgan fingerprint density at radius 3 is 1.96 bits per heavy atom. The van der Waals surface area contributed by atoms with Gasteiger partial charge in [-0.1, -0.05) is 93.8 Å². The largest absolute Gasteiger partial charge is 0.424 e. The summed E-state index contributed by atoms with van der Waals surface area (Å²) in [6.45, 7) is 6.41. The van der Waals surface area contributed by atoms with E-state index in [1.807, 2.05) is 60.7 Å². The van der Waals surface area contributed by atoms with Crippen LogP contribution in [0.1, 0.15) is 40.0 Å². The molecule has 0 saturated carbocycles. The molecule has 0 spiro atoms. The lowest BCUT2D eigenvalue weighted by Crippen LogP contribution is -2.65. The third-order valence-electron chi connectivity index (χ3n) is 5.10. The van der Waals surface area contributed by atoms with Crippen LogP contribution in [0.25, 0.3) is 0 Å². The van der Waals surface area contributed by atoms with Crippen molar-refractivity contribution >= 4 is 25.0 Å². The van der Waals surface area contributed by atoms with Gasteiger partial charge >= 0.3 is 0 Å². The molecular weight excluding hydrogens is 336 g/mol. The molecule has 0 radical (unpaired) electrons. The van der Waals surface area contributed by atoms with Gasteiger partial charge in [-0.3, -0.25) is 4.79 Å². The molecule has 0 fully saturated rings. The molecule has 1 N–H and O–H groups in total. The van der Waals surface area contributed by atoms with E-state index in [2.05, 4.69) is 32.6 Å². The minimum absolute atomic E-state index is 0.103. The number of carbonyl (C=O) groups excluding carboxylic acids is 1. The molecule has 0 amide bonds. The third kappa shape index (κ3) is 4.33. The lowest BCUT2D eigenvalue weighted by atomic mass is 9.93. The van der Waals surface area contributed by atoms with E-state index in [0.29, 0.717) is 6.29 Å². The maximum atomic E-state index is 12.1. The second kappa shape index (κ2) is 8.98. The Morgan fingerprint density at radius 2 is 1.54 bits per heavy atom. The second-order valence-corrected chi connectivity index (χ2v) is 11.4. The van der Waals surface area contributed by atoms with Crippen LogP contribution in [0.5, 0.6) is 0 Å². The minimum Gasteiger partial charge on any atom is -0.424 e. The summed E-state index contributed by atoms with van der Waals surface area (Å²) in [5, 5.41) is 1.68. The van der Waals surface area contributed by atoms with Gasteiger partial charge in [-0.15, -0.1) is 0 Å². The summed E-state index contributed by atoms with van der Waals surface area (Å²) < 4.78 is 0. The van der Waals surface area contributed by atoms with Crippen LogP contribution >= 0.6 is 0 Å². The highest BCUT2D eigenvalue weighted by atomic mass is 28.4. The van der Waals surface area contributed by atoms with Gasteiger partial charge in [-0.2, -0.15) is 0 Å². The van der Waals surface area contributed by atoms with Gasteiger partial charge in [0.25, 0.3) is 8.32 Å². The van der Waals surface area contributed by atoms with Crippen LogP contribution in [0.4, 0.5) is 0 Å². The molecule has 136 valence electrons. The molecule has 2 rings (SSSR count). The first-order valence-electron chi connectivity index (χ1n) is 9.24. The zero-order valence-corrected chi connectivity index (χ0v) is 16.9. The van der Waals surface area contributed by atoms with Crippen LogP contribution in [0.15, 0.2) is 60.7 Å². The summed E-state index contributed by atoms with van der Waals surface area (Å²) >= 11 is 0. The maximum absolute atomic E-state index is 12.1. The van der Waals surface area contributed by atoms with Gasteiger partial charge in [0.2, 0.25) is 0 Å². The molecule has 1 unspecified atom stereocenters. The van der Waals surface area contributed by atoms with Gasteiger partial charge in [0.15, 0.2) is 6.29 Å². The van der Waals surface area contributed by atoms with Crippen molar-refractivity contribution in [1.82, 2.24) is 0 Å². The van der Waals surface area contributed by atoms with Crippen LogP contribution in [-0.4, -0.2) is 19.4 Å². The molecule has 3 heteroatoms. The van der Waals surface area contributed by atoms with Crippen molar-refractivity contribution in [2.24, 2.45) is 5.92 Å². The summed E-state index contributed by atoms with van der Waals surface area (Å²) in [6.07, 6.45) is 3.35. The van der Waals surface area contributed by atoms with Crippen molar-refractivity contribution in [2.75, 3.05) is 0 Å². The molecule has 0 aliphatic rings. The van der Waals surface area contributed by atoms with Crippen LogP contribution in [-0.2, 0) is 4.79 Å². The fourth-order valence-corrected chi connectivity index (χ4v) is 7.58. The molecule has 2 aromatic carbocycles. The van der Waals surface area contributed by atoms with Crippen molar-refractivity contribution in [2.45, 2.75) is 45.1 Å². The minimum atomic E-state index is -3.02. The number of benzene rings is 2. The maximum Gasteiger partial charge on any atom is 0.258 e. The zero-order chi connectivity index (χ0) is 19.0. The van der Waals surface area contributed by atoms with Crippen molar-refractivity contribution in [3.8, 4) is 11.8 Å². The summed E-state index contributed by atoms with van der Waals surface area (Å²) in [5.74, 6) is 5.79. The SMILES string of the molecule is CCCC(C#CC=O)CC(C)(C)[Si](O)(c1ccccc1)c1ccccc1. The Balaban J connectivity index is 2.51. The Labute approximate surface area is 158 Å². The second-order valence-electron chi connectivity index (χ2n) is 7.42. The molecule has 0 aromatic heterocycles. The average molecular weight is 365 g/mol. The topological polar surface area (TPSA) is 37.3 Å². The van der Waals surface area contributed by atoms with E-state index in [0.717, 1.165) is 29.6 Å². The molecular formula is C23H28O2Si. The highest BCUT2D eigenvalue weighted by Gasteiger charge is 2.50. The normalized spacial score (nSPS) is 12.8.